The number of nitriles is 1. The van der Waals surface area contributed by atoms with E-state index in [9.17, 15) is 10.1 Å². The molecule has 1 aromatic heterocycles. The number of hydrogen-bond acceptors (Lipinski definition) is 6. The van der Waals surface area contributed by atoms with E-state index in [1.165, 1.54) is 0 Å². The highest BCUT2D eigenvalue weighted by Crippen LogP contribution is 2.34. The minimum absolute atomic E-state index is 0.133. The Morgan fingerprint density at radius 1 is 1.14 bits per heavy atom. The third kappa shape index (κ3) is 5.30. The Hall–Kier alpha value is -4.38. The highest BCUT2D eigenvalue weighted by molar-refractivity contribution is 5.82. The molecule has 29 heavy (non-hydrogen) atoms. The molecule has 0 saturated heterocycles. The first-order valence-electron chi connectivity index (χ1n) is 8.36. The fourth-order valence-electron chi connectivity index (χ4n) is 2.62. The minimum Gasteiger partial charge on any atom is -0.483 e. The van der Waals surface area contributed by atoms with Crippen LogP contribution < -0.4 is 16.2 Å². The Kier molecular flexibility index (Phi) is 7.28. The van der Waals surface area contributed by atoms with Crippen LogP contribution in [0, 0.1) is 11.3 Å². The molecule has 3 rings (SSSR count). The zero-order valence-corrected chi connectivity index (χ0v) is 15.3. The van der Waals surface area contributed by atoms with E-state index >= 15 is 0 Å². The summed E-state index contributed by atoms with van der Waals surface area (Å²) < 4.78 is 5.47. The van der Waals surface area contributed by atoms with Crippen LogP contribution in [0.1, 0.15) is 5.56 Å². The summed E-state index contributed by atoms with van der Waals surface area (Å²) in [7, 11) is 0. The first-order chi connectivity index (χ1) is 14.0. The number of aromatic nitrogens is 1. The normalized spacial score (nSPS) is 9.48. The van der Waals surface area contributed by atoms with Crippen molar-refractivity contribution < 1.29 is 19.4 Å². The third-order valence-electron chi connectivity index (χ3n) is 3.78. The van der Waals surface area contributed by atoms with E-state index in [0.717, 1.165) is 5.56 Å². The van der Waals surface area contributed by atoms with Crippen LogP contribution >= 0.6 is 0 Å². The van der Waals surface area contributed by atoms with Crippen LogP contribution in [-0.2, 0) is 9.59 Å². The number of carboxylic acid groups (broad SMARTS) is 1. The van der Waals surface area contributed by atoms with Gasteiger partial charge in [0.25, 0.3) is 12.4 Å². The molecule has 8 nitrogen and oxygen atoms in total. The summed E-state index contributed by atoms with van der Waals surface area (Å²) in [4.78, 5) is 23.7. The van der Waals surface area contributed by atoms with Crippen molar-refractivity contribution in [3.8, 4) is 34.2 Å². The van der Waals surface area contributed by atoms with Gasteiger partial charge in [0.15, 0.2) is 6.61 Å². The monoisotopic (exact) mass is 390 g/mol. The second kappa shape index (κ2) is 10.1. The Morgan fingerprint density at radius 2 is 1.76 bits per heavy atom. The Labute approximate surface area is 167 Å². The number of hydrogen-bond donors (Lipinski definition) is 3. The van der Waals surface area contributed by atoms with Gasteiger partial charge in [-0.05, 0) is 23.8 Å². The maximum Gasteiger partial charge on any atom is 0.290 e. The predicted octanol–water partition coefficient (Wildman–Crippen LogP) is 2.43. The molecule has 3 aromatic rings. The number of nitrogens with zero attached hydrogens (tertiary/aromatic N) is 2. The van der Waals surface area contributed by atoms with Crippen molar-refractivity contribution in [2.24, 2.45) is 5.73 Å². The molecule has 0 atom stereocenters. The molecule has 0 bridgehead atoms. The van der Waals surface area contributed by atoms with Gasteiger partial charge >= 0.3 is 0 Å². The van der Waals surface area contributed by atoms with Gasteiger partial charge in [-0.1, -0.05) is 42.5 Å². The minimum atomic E-state index is -0.572. The molecule has 0 aliphatic heterocycles. The van der Waals surface area contributed by atoms with Crippen molar-refractivity contribution in [3.63, 3.8) is 0 Å². The van der Waals surface area contributed by atoms with Crippen molar-refractivity contribution in [2.75, 3.05) is 12.3 Å². The summed E-state index contributed by atoms with van der Waals surface area (Å²) in [6, 6.07) is 20.5. The summed E-state index contributed by atoms with van der Waals surface area (Å²) in [5.41, 5.74) is 14.2. The maximum atomic E-state index is 11.0. The van der Waals surface area contributed by atoms with Gasteiger partial charge in [-0.15, -0.1) is 0 Å². The molecule has 0 aliphatic carbocycles. The first kappa shape index (κ1) is 20.9. The SMILES string of the molecule is N#Cc1c(-c2ccccc2)cc(-c2ccccc2OCC(N)=O)nc1N.O=CO. The van der Waals surface area contributed by atoms with Crippen LogP contribution in [0.25, 0.3) is 22.4 Å². The lowest BCUT2D eigenvalue weighted by Crippen LogP contribution is -2.20. The highest BCUT2D eigenvalue weighted by atomic mass is 16.5. The number of amides is 1. The van der Waals surface area contributed by atoms with Crippen molar-refractivity contribution in [1.82, 2.24) is 4.98 Å². The molecule has 146 valence electrons. The van der Waals surface area contributed by atoms with Gasteiger partial charge in [-0.2, -0.15) is 5.26 Å². The van der Waals surface area contributed by atoms with Gasteiger partial charge < -0.3 is 21.3 Å². The molecular formula is C21H18N4O4. The fourth-order valence-corrected chi connectivity index (χ4v) is 2.62. The highest BCUT2D eigenvalue weighted by Gasteiger charge is 2.15. The number of carbonyl (C=O) groups excluding carboxylic acids is 1. The van der Waals surface area contributed by atoms with Gasteiger partial charge in [0.1, 0.15) is 23.2 Å². The molecule has 5 N–H and O–H groups in total. The Morgan fingerprint density at radius 3 is 2.38 bits per heavy atom. The number of anilines is 1. The zero-order chi connectivity index (χ0) is 21.2. The van der Waals surface area contributed by atoms with E-state index < -0.39 is 5.91 Å². The second-order valence-electron chi connectivity index (χ2n) is 5.65. The summed E-state index contributed by atoms with van der Waals surface area (Å²) in [6.45, 7) is -0.492. The van der Waals surface area contributed by atoms with E-state index in [4.69, 9.17) is 26.1 Å². The molecule has 0 fully saturated rings. The lowest BCUT2D eigenvalue weighted by Gasteiger charge is -2.13. The number of primary amides is 1. The number of nitrogens with two attached hydrogens (primary N) is 2. The van der Waals surface area contributed by atoms with Gasteiger partial charge in [0.05, 0.1) is 5.69 Å². The van der Waals surface area contributed by atoms with Crippen molar-refractivity contribution in [2.45, 2.75) is 0 Å². The number of para-hydroxylation sites is 1. The quantitative estimate of drug-likeness (QED) is 0.566. The van der Waals surface area contributed by atoms with Crippen LogP contribution in [0.5, 0.6) is 5.75 Å². The largest absolute Gasteiger partial charge is 0.483 e. The number of pyridine rings is 1. The predicted molar refractivity (Wildman–Crippen MR) is 108 cm³/mol. The molecule has 0 spiro atoms. The maximum absolute atomic E-state index is 11.0. The molecule has 2 aromatic carbocycles. The van der Waals surface area contributed by atoms with Crippen LogP contribution in [0.2, 0.25) is 0 Å². The van der Waals surface area contributed by atoms with Crippen LogP contribution in [0.15, 0.2) is 60.7 Å². The molecule has 0 aliphatic rings. The lowest BCUT2D eigenvalue weighted by molar-refractivity contribution is -0.123. The zero-order valence-electron chi connectivity index (χ0n) is 15.3. The topological polar surface area (TPSA) is 152 Å². The first-order valence-corrected chi connectivity index (χ1v) is 8.36. The van der Waals surface area contributed by atoms with E-state index in [1.54, 1.807) is 24.3 Å². The number of carbonyl (C=O) groups is 2. The van der Waals surface area contributed by atoms with Gasteiger partial charge in [0, 0.05) is 11.1 Å². The van der Waals surface area contributed by atoms with E-state index in [2.05, 4.69) is 11.1 Å². The van der Waals surface area contributed by atoms with Crippen molar-refractivity contribution in [3.05, 3.63) is 66.2 Å². The van der Waals surface area contributed by atoms with Crippen molar-refractivity contribution in [1.29, 1.82) is 5.26 Å². The van der Waals surface area contributed by atoms with Gasteiger partial charge in [-0.25, -0.2) is 4.98 Å². The molecule has 0 unspecified atom stereocenters. The summed E-state index contributed by atoms with van der Waals surface area (Å²) in [5.74, 6) is 0.0209. The lowest BCUT2D eigenvalue weighted by atomic mass is 9.98. The number of rotatable bonds is 5. The smallest absolute Gasteiger partial charge is 0.290 e. The molecule has 8 heteroatoms. The van der Waals surface area contributed by atoms with E-state index in [1.807, 2.05) is 36.4 Å². The fraction of sp³-hybridized carbons (Fsp3) is 0.0476. The number of nitrogen functional groups attached to an aromatic ring is 1. The second-order valence-corrected chi connectivity index (χ2v) is 5.65. The molecule has 0 saturated carbocycles. The van der Waals surface area contributed by atoms with Crippen molar-refractivity contribution >= 4 is 18.2 Å². The molecular weight excluding hydrogens is 372 g/mol. The number of benzene rings is 2. The summed E-state index contributed by atoms with van der Waals surface area (Å²) >= 11 is 0. The van der Waals surface area contributed by atoms with E-state index in [0.29, 0.717) is 28.1 Å². The van der Waals surface area contributed by atoms with Crippen LogP contribution in [-0.4, -0.2) is 29.1 Å². The van der Waals surface area contributed by atoms with Gasteiger partial charge in [0.2, 0.25) is 0 Å². The molecule has 1 heterocycles. The van der Waals surface area contributed by atoms with Crippen LogP contribution in [0.4, 0.5) is 5.82 Å². The van der Waals surface area contributed by atoms with Gasteiger partial charge in [-0.3, -0.25) is 9.59 Å². The average molecular weight is 390 g/mol. The number of ether oxygens (including phenoxy) is 1. The summed E-state index contributed by atoms with van der Waals surface area (Å²) in [5, 5.41) is 16.4. The van der Waals surface area contributed by atoms with Crippen LogP contribution in [0.3, 0.4) is 0 Å². The molecule has 1 amide bonds. The Balaban J connectivity index is 0.000000941. The molecule has 0 radical (unpaired) electrons. The third-order valence-corrected chi connectivity index (χ3v) is 3.78. The Bertz CT molecular complexity index is 1050. The summed E-state index contributed by atoms with van der Waals surface area (Å²) in [6.07, 6.45) is 0. The van der Waals surface area contributed by atoms with E-state index in [-0.39, 0.29) is 18.9 Å². The average Bonchev–Trinajstić information content (AvgIpc) is 2.73. The standard InChI is InChI=1S/C20H16N4O2.CH2O2/c21-11-16-15(13-6-2-1-3-7-13)10-17(24-20(16)23)14-8-4-5-9-18(14)26-12-19(22)25;2-1-3/h1-10H,12H2,(H2,22,25)(H2,23,24);1H,(H,2,3).